The zero-order valence-corrected chi connectivity index (χ0v) is 19.1. The lowest BCUT2D eigenvalue weighted by molar-refractivity contribution is 0.0394. The van der Waals surface area contributed by atoms with Gasteiger partial charge in [0.05, 0.1) is 25.5 Å². The highest BCUT2D eigenvalue weighted by Crippen LogP contribution is 2.34. The van der Waals surface area contributed by atoms with Crippen molar-refractivity contribution in [3.05, 3.63) is 71.7 Å². The van der Waals surface area contributed by atoms with Crippen molar-refractivity contribution in [2.45, 2.75) is 19.3 Å². The van der Waals surface area contributed by atoms with Crippen LogP contribution in [0.5, 0.6) is 0 Å². The third-order valence-electron chi connectivity index (χ3n) is 5.98. The molecule has 0 bridgehead atoms. The van der Waals surface area contributed by atoms with Crippen molar-refractivity contribution in [2.24, 2.45) is 10.7 Å². The third kappa shape index (κ3) is 5.58. The second-order valence-electron chi connectivity index (χ2n) is 8.61. The van der Waals surface area contributed by atoms with Crippen molar-refractivity contribution in [2.75, 3.05) is 44.7 Å². The van der Waals surface area contributed by atoms with Gasteiger partial charge in [0.25, 0.3) is 0 Å². The number of aliphatic imine (C=N–C) groups is 1. The van der Waals surface area contributed by atoms with Crippen molar-refractivity contribution in [3.8, 4) is 11.1 Å². The summed E-state index contributed by atoms with van der Waals surface area (Å²) < 4.78 is 25.7. The van der Waals surface area contributed by atoms with Crippen LogP contribution in [-0.2, 0) is 10.2 Å². The van der Waals surface area contributed by atoms with Gasteiger partial charge in [-0.1, -0.05) is 61.5 Å². The number of aromatic nitrogens is 1. The Balaban J connectivity index is 1.41. The summed E-state index contributed by atoms with van der Waals surface area (Å²) in [7, 11) is 0. The Morgan fingerprint density at radius 2 is 1.91 bits per heavy atom. The number of benzene rings is 2. The summed E-state index contributed by atoms with van der Waals surface area (Å²) in [6.45, 7) is 8.70. The van der Waals surface area contributed by atoms with E-state index in [4.69, 9.17) is 15.0 Å². The van der Waals surface area contributed by atoms with E-state index in [0.717, 1.165) is 44.0 Å². The number of nitrogens with zero attached hydrogens (tertiary/aromatic N) is 3. The molecule has 1 aromatic heterocycles. The Kier molecular flexibility index (Phi) is 7.05. The molecule has 7 nitrogen and oxygen atoms in total. The maximum absolute atomic E-state index is 14.9. The van der Waals surface area contributed by atoms with Gasteiger partial charge in [0.1, 0.15) is 5.82 Å². The Labute approximate surface area is 193 Å². The molecule has 0 atom stereocenters. The smallest absolute Gasteiger partial charge is 0.231 e. The standard InChI is InChI=1S/C25H30FN5O2/c1-25(2,19-8-9-20(21(26)16-19)18-6-4-3-5-7-18)22-17-23(33-30-22)29-24(27)28-10-11-31-12-14-32-15-13-31/h3-9,16-17H,10-15H2,1-2H3,(H3,27,28,29). The number of anilines is 1. The second-order valence-corrected chi connectivity index (χ2v) is 8.61. The van der Waals surface area contributed by atoms with Crippen molar-refractivity contribution in [1.82, 2.24) is 10.1 Å². The molecule has 0 radical (unpaired) electrons. The number of rotatable bonds is 7. The lowest BCUT2D eigenvalue weighted by atomic mass is 9.81. The summed E-state index contributed by atoms with van der Waals surface area (Å²) in [5.41, 5.74) is 8.31. The molecule has 3 aromatic rings. The molecule has 1 aliphatic rings. The SMILES string of the molecule is CC(C)(c1ccc(-c2ccccc2)c(F)c1)c1cc(NC(N)=NCCN2CCOCC2)on1. The molecule has 8 heteroatoms. The van der Waals surface area contributed by atoms with E-state index in [9.17, 15) is 4.39 Å². The highest BCUT2D eigenvalue weighted by molar-refractivity contribution is 5.91. The van der Waals surface area contributed by atoms with Crippen LogP contribution in [0.4, 0.5) is 10.3 Å². The van der Waals surface area contributed by atoms with Gasteiger partial charge in [-0.05, 0) is 17.2 Å². The largest absolute Gasteiger partial charge is 0.379 e. The van der Waals surface area contributed by atoms with Gasteiger partial charge in [-0.25, -0.2) is 4.39 Å². The van der Waals surface area contributed by atoms with Gasteiger partial charge in [0, 0.05) is 36.7 Å². The third-order valence-corrected chi connectivity index (χ3v) is 5.98. The van der Waals surface area contributed by atoms with E-state index in [-0.39, 0.29) is 11.8 Å². The molecule has 3 N–H and O–H groups in total. The normalized spacial score (nSPS) is 15.5. The lowest BCUT2D eigenvalue weighted by Crippen LogP contribution is -2.38. The summed E-state index contributed by atoms with van der Waals surface area (Å²) in [5.74, 6) is 0.388. The van der Waals surface area contributed by atoms with E-state index in [1.165, 1.54) is 0 Å². The minimum absolute atomic E-state index is 0.266. The minimum Gasteiger partial charge on any atom is -0.379 e. The summed E-state index contributed by atoms with van der Waals surface area (Å²) >= 11 is 0. The molecule has 0 unspecified atom stereocenters. The van der Waals surface area contributed by atoms with Gasteiger partial charge in [-0.2, -0.15) is 0 Å². The number of ether oxygens (including phenoxy) is 1. The molecule has 0 aliphatic carbocycles. The molecule has 2 aromatic carbocycles. The molecule has 0 amide bonds. The van der Waals surface area contributed by atoms with Crippen LogP contribution < -0.4 is 11.1 Å². The quantitative estimate of drug-likeness (QED) is 0.419. The van der Waals surface area contributed by atoms with Crippen LogP contribution in [0.25, 0.3) is 11.1 Å². The van der Waals surface area contributed by atoms with E-state index >= 15 is 0 Å². The first-order chi connectivity index (χ1) is 15.9. The van der Waals surface area contributed by atoms with Gasteiger partial charge in [-0.15, -0.1) is 0 Å². The molecule has 174 valence electrons. The second kappa shape index (κ2) is 10.1. The zero-order chi connectivity index (χ0) is 23.3. The number of hydrogen-bond donors (Lipinski definition) is 2. The Morgan fingerprint density at radius 3 is 2.64 bits per heavy atom. The van der Waals surface area contributed by atoms with Gasteiger partial charge >= 0.3 is 0 Å². The molecular formula is C25H30FN5O2. The van der Waals surface area contributed by atoms with Crippen molar-refractivity contribution < 1.29 is 13.7 Å². The highest BCUT2D eigenvalue weighted by Gasteiger charge is 2.28. The van der Waals surface area contributed by atoms with E-state index in [0.29, 0.717) is 23.7 Å². The average molecular weight is 452 g/mol. The first-order valence-electron chi connectivity index (χ1n) is 11.1. The number of nitrogens with two attached hydrogens (primary N) is 1. The Bertz CT molecular complexity index is 1090. The molecule has 1 saturated heterocycles. The van der Waals surface area contributed by atoms with E-state index < -0.39 is 5.41 Å². The molecule has 1 fully saturated rings. The fourth-order valence-electron chi connectivity index (χ4n) is 3.83. The first-order valence-corrected chi connectivity index (χ1v) is 11.1. The Morgan fingerprint density at radius 1 is 1.15 bits per heavy atom. The fraction of sp³-hybridized carbons (Fsp3) is 0.360. The number of hydrogen-bond acceptors (Lipinski definition) is 5. The van der Waals surface area contributed by atoms with Gasteiger partial charge in [-0.3, -0.25) is 15.2 Å². The van der Waals surface area contributed by atoms with Crippen LogP contribution in [0.3, 0.4) is 0 Å². The number of morpholine rings is 1. The molecule has 33 heavy (non-hydrogen) atoms. The fourth-order valence-corrected chi connectivity index (χ4v) is 3.83. The highest BCUT2D eigenvalue weighted by atomic mass is 19.1. The summed E-state index contributed by atoms with van der Waals surface area (Å²) in [6, 6.07) is 16.6. The minimum atomic E-state index is -0.568. The average Bonchev–Trinajstić information content (AvgIpc) is 3.29. The van der Waals surface area contributed by atoms with E-state index in [1.54, 1.807) is 18.2 Å². The summed E-state index contributed by atoms with van der Waals surface area (Å²) in [6.07, 6.45) is 0. The number of halogens is 1. The zero-order valence-electron chi connectivity index (χ0n) is 19.1. The maximum Gasteiger partial charge on any atom is 0.231 e. The van der Waals surface area contributed by atoms with E-state index in [2.05, 4.69) is 20.4 Å². The molecule has 0 spiro atoms. The molecule has 4 rings (SSSR count). The predicted molar refractivity (Wildman–Crippen MR) is 128 cm³/mol. The summed E-state index contributed by atoms with van der Waals surface area (Å²) in [5, 5.41) is 7.14. The van der Waals surface area contributed by atoms with Crippen LogP contribution in [0, 0.1) is 5.82 Å². The molecule has 0 saturated carbocycles. The van der Waals surface area contributed by atoms with Crippen LogP contribution in [0.2, 0.25) is 0 Å². The monoisotopic (exact) mass is 451 g/mol. The Hall–Kier alpha value is -3.23. The van der Waals surface area contributed by atoms with Gasteiger partial charge in [0.2, 0.25) is 5.88 Å². The number of nitrogens with one attached hydrogen (secondary N) is 1. The first kappa shape index (κ1) is 22.9. The predicted octanol–water partition coefficient (Wildman–Crippen LogP) is 3.87. The van der Waals surface area contributed by atoms with Crippen LogP contribution >= 0.6 is 0 Å². The van der Waals surface area contributed by atoms with Crippen LogP contribution in [0.1, 0.15) is 25.1 Å². The summed E-state index contributed by atoms with van der Waals surface area (Å²) in [4.78, 5) is 6.65. The van der Waals surface area contributed by atoms with E-state index in [1.807, 2.05) is 50.2 Å². The van der Waals surface area contributed by atoms with Crippen molar-refractivity contribution in [1.29, 1.82) is 0 Å². The lowest BCUT2D eigenvalue weighted by Gasteiger charge is -2.25. The van der Waals surface area contributed by atoms with Crippen LogP contribution in [0.15, 0.2) is 64.1 Å². The molecule has 2 heterocycles. The topological polar surface area (TPSA) is 88.9 Å². The maximum atomic E-state index is 14.9. The van der Waals surface area contributed by atoms with Gasteiger partial charge in [0.15, 0.2) is 5.96 Å². The molecular weight excluding hydrogens is 421 g/mol. The number of guanidine groups is 1. The van der Waals surface area contributed by atoms with Gasteiger partial charge < -0.3 is 15.0 Å². The van der Waals surface area contributed by atoms with Crippen molar-refractivity contribution in [3.63, 3.8) is 0 Å². The van der Waals surface area contributed by atoms with Crippen LogP contribution in [-0.4, -0.2) is 55.4 Å². The van der Waals surface area contributed by atoms with Crippen molar-refractivity contribution >= 4 is 11.8 Å². The molecule has 1 aliphatic heterocycles.